The SMILES string of the molecule is CCCOc1cc(C2c3c(C)nn(C)c3NC(=O)C2NC(=O)c2ccc(Cl)cc2)ccc1OC. The molecule has 0 saturated heterocycles. The fraction of sp³-hybridized carbons (Fsp3) is 0.320. The van der Waals surface area contributed by atoms with Gasteiger partial charge >= 0.3 is 0 Å². The lowest BCUT2D eigenvalue weighted by molar-refractivity contribution is -0.118. The summed E-state index contributed by atoms with van der Waals surface area (Å²) in [7, 11) is 3.36. The molecular formula is C25H27ClN4O4. The zero-order valence-electron chi connectivity index (χ0n) is 19.5. The third-order valence-electron chi connectivity index (χ3n) is 5.84. The molecule has 2 unspecified atom stereocenters. The first-order chi connectivity index (χ1) is 16.3. The van der Waals surface area contributed by atoms with Crippen LogP contribution in [-0.4, -0.2) is 41.4 Å². The van der Waals surface area contributed by atoms with Gasteiger partial charge in [-0.15, -0.1) is 0 Å². The molecule has 4 rings (SSSR count). The fourth-order valence-corrected chi connectivity index (χ4v) is 4.38. The Kier molecular flexibility index (Phi) is 6.79. The van der Waals surface area contributed by atoms with E-state index in [1.807, 2.05) is 32.0 Å². The van der Waals surface area contributed by atoms with Crippen LogP contribution in [-0.2, 0) is 11.8 Å². The van der Waals surface area contributed by atoms with Gasteiger partial charge in [-0.05, 0) is 55.3 Å². The Morgan fingerprint density at radius 3 is 2.62 bits per heavy atom. The maximum atomic E-state index is 13.3. The van der Waals surface area contributed by atoms with Gasteiger partial charge in [0.2, 0.25) is 5.91 Å². The van der Waals surface area contributed by atoms with E-state index in [2.05, 4.69) is 15.7 Å². The Morgan fingerprint density at radius 1 is 1.21 bits per heavy atom. The number of anilines is 1. The molecular weight excluding hydrogens is 456 g/mol. The molecule has 2 aromatic carbocycles. The number of nitrogens with zero attached hydrogens (tertiary/aromatic N) is 2. The van der Waals surface area contributed by atoms with E-state index in [-0.39, 0.29) is 11.8 Å². The minimum atomic E-state index is -0.869. The molecule has 0 spiro atoms. The van der Waals surface area contributed by atoms with Crippen molar-refractivity contribution in [1.29, 1.82) is 0 Å². The molecule has 1 aliphatic heterocycles. The predicted molar refractivity (Wildman–Crippen MR) is 130 cm³/mol. The number of methoxy groups -OCH3 is 1. The second-order valence-electron chi connectivity index (χ2n) is 8.16. The van der Waals surface area contributed by atoms with Crippen LogP contribution in [0, 0.1) is 6.92 Å². The van der Waals surface area contributed by atoms with E-state index in [0.717, 1.165) is 23.2 Å². The molecule has 9 heteroatoms. The smallest absolute Gasteiger partial charge is 0.251 e. The molecule has 0 aliphatic carbocycles. The highest BCUT2D eigenvalue weighted by molar-refractivity contribution is 6.30. The van der Waals surface area contributed by atoms with E-state index in [1.165, 1.54) is 0 Å². The molecule has 178 valence electrons. The van der Waals surface area contributed by atoms with Crippen LogP contribution >= 0.6 is 11.6 Å². The second kappa shape index (κ2) is 9.77. The normalized spacial score (nSPS) is 17.0. The summed E-state index contributed by atoms with van der Waals surface area (Å²) in [5.41, 5.74) is 2.82. The van der Waals surface area contributed by atoms with E-state index in [1.54, 1.807) is 43.1 Å². The molecule has 0 bridgehead atoms. The van der Waals surface area contributed by atoms with Gasteiger partial charge in [-0.25, -0.2) is 0 Å². The monoisotopic (exact) mass is 482 g/mol. The molecule has 1 aromatic heterocycles. The molecule has 2 N–H and O–H groups in total. The maximum absolute atomic E-state index is 13.3. The molecule has 34 heavy (non-hydrogen) atoms. The number of nitrogens with one attached hydrogen (secondary N) is 2. The summed E-state index contributed by atoms with van der Waals surface area (Å²) in [6, 6.07) is 11.2. The van der Waals surface area contributed by atoms with Crippen LogP contribution < -0.4 is 20.1 Å². The Balaban J connectivity index is 1.79. The second-order valence-corrected chi connectivity index (χ2v) is 8.59. The van der Waals surface area contributed by atoms with E-state index in [9.17, 15) is 9.59 Å². The lowest BCUT2D eigenvalue weighted by Gasteiger charge is -2.33. The fourth-order valence-electron chi connectivity index (χ4n) is 4.25. The number of aromatic nitrogens is 2. The highest BCUT2D eigenvalue weighted by Gasteiger charge is 2.41. The minimum Gasteiger partial charge on any atom is -0.493 e. The summed E-state index contributed by atoms with van der Waals surface area (Å²) >= 11 is 5.96. The van der Waals surface area contributed by atoms with E-state index in [0.29, 0.717) is 34.5 Å². The van der Waals surface area contributed by atoms with Crippen LogP contribution in [0.2, 0.25) is 5.02 Å². The van der Waals surface area contributed by atoms with Gasteiger partial charge in [0.25, 0.3) is 5.91 Å². The van der Waals surface area contributed by atoms with Crippen LogP contribution in [0.15, 0.2) is 42.5 Å². The molecule has 2 atom stereocenters. The molecule has 8 nitrogen and oxygen atoms in total. The first-order valence-corrected chi connectivity index (χ1v) is 11.4. The molecule has 2 amide bonds. The number of halogens is 1. The van der Waals surface area contributed by atoms with Crippen molar-refractivity contribution in [1.82, 2.24) is 15.1 Å². The van der Waals surface area contributed by atoms with Crippen molar-refractivity contribution in [2.24, 2.45) is 7.05 Å². The number of ether oxygens (including phenoxy) is 2. The summed E-state index contributed by atoms with van der Waals surface area (Å²) < 4.78 is 13.0. The van der Waals surface area contributed by atoms with Crippen LogP contribution in [0.1, 0.15) is 46.4 Å². The van der Waals surface area contributed by atoms with Crippen molar-refractivity contribution >= 4 is 29.2 Å². The summed E-state index contributed by atoms with van der Waals surface area (Å²) in [5.74, 6) is 0.610. The third kappa shape index (κ3) is 4.46. The number of carbonyl (C=O) groups is 2. The molecule has 0 saturated carbocycles. The van der Waals surface area contributed by atoms with Gasteiger partial charge in [0.1, 0.15) is 11.9 Å². The quantitative estimate of drug-likeness (QED) is 0.529. The Bertz CT molecular complexity index is 1220. The van der Waals surface area contributed by atoms with Crippen molar-refractivity contribution in [3.63, 3.8) is 0 Å². The topological polar surface area (TPSA) is 94.5 Å². The summed E-state index contributed by atoms with van der Waals surface area (Å²) in [5, 5.41) is 10.9. The number of carbonyl (C=O) groups excluding carboxylic acids is 2. The van der Waals surface area contributed by atoms with Gasteiger partial charge in [0.15, 0.2) is 11.5 Å². The lowest BCUT2D eigenvalue weighted by atomic mass is 9.81. The molecule has 0 fully saturated rings. The zero-order chi connectivity index (χ0) is 24.4. The van der Waals surface area contributed by atoms with E-state index < -0.39 is 12.0 Å². The summed E-state index contributed by atoms with van der Waals surface area (Å²) in [4.78, 5) is 26.3. The number of aryl methyl sites for hydroxylation is 2. The van der Waals surface area contributed by atoms with Gasteiger partial charge in [0, 0.05) is 29.1 Å². The van der Waals surface area contributed by atoms with Gasteiger partial charge in [0.05, 0.1) is 19.4 Å². The van der Waals surface area contributed by atoms with Crippen molar-refractivity contribution in [2.45, 2.75) is 32.2 Å². The van der Waals surface area contributed by atoms with E-state index in [4.69, 9.17) is 21.1 Å². The highest BCUT2D eigenvalue weighted by Crippen LogP contribution is 2.41. The standard InChI is InChI=1S/C25H27ClN4O4/c1-5-12-34-19-13-16(8-11-18(19)33-4)21-20-14(2)29-30(3)23(20)28-25(32)22(21)27-24(31)15-6-9-17(26)10-7-15/h6-11,13,21-22H,5,12H2,1-4H3,(H,27,31)(H,28,32). The number of amides is 2. The zero-order valence-corrected chi connectivity index (χ0v) is 20.3. The number of benzene rings is 2. The average Bonchev–Trinajstić information content (AvgIpc) is 3.10. The van der Waals surface area contributed by atoms with Crippen molar-refractivity contribution in [3.05, 3.63) is 69.9 Å². The van der Waals surface area contributed by atoms with Crippen LogP contribution in [0.4, 0.5) is 5.82 Å². The third-order valence-corrected chi connectivity index (χ3v) is 6.09. The number of rotatable bonds is 7. The van der Waals surface area contributed by atoms with Crippen molar-refractivity contribution in [2.75, 3.05) is 19.0 Å². The Labute approximate surface area is 203 Å². The molecule has 0 radical (unpaired) electrons. The van der Waals surface area contributed by atoms with Crippen molar-refractivity contribution in [3.8, 4) is 11.5 Å². The summed E-state index contributed by atoms with van der Waals surface area (Å²) in [6.07, 6.45) is 0.838. The first-order valence-electron chi connectivity index (χ1n) is 11.1. The number of hydrogen-bond acceptors (Lipinski definition) is 5. The van der Waals surface area contributed by atoms with Gasteiger partial charge < -0.3 is 20.1 Å². The summed E-state index contributed by atoms with van der Waals surface area (Å²) in [6.45, 7) is 4.44. The minimum absolute atomic E-state index is 0.324. The Hall–Kier alpha value is -3.52. The Morgan fingerprint density at radius 2 is 1.94 bits per heavy atom. The van der Waals surface area contributed by atoms with Gasteiger partial charge in [-0.2, -0.15) is 5.10 Å². The highest BCUT2D eigenvalue weighted by atomic mass is 35.5. The average molecular weight is 483 g/mol. The first kappa shape index (κ1) is 23.6. The number of hydrogen-bond donors (Lipinski definition) is 2. The van der Waals surface area contributed by atoms with Gasteiger partial charge in [-0.1, -0.05) is 24.6 Å². The molecule has 3 aromatic rings. The van der Waals surface area contributed by atoms with Gasteiger partial charge in [-0.3, -0.25) is 14.3 Å². The maximum Gasteiger partial charge on any atom is 0.251 e. The largest absolute Gasteiger partial charge is 0.493 e. The number of fused-ring (bicyclic) bond motifs is 1. The lowest BCUT2D eigenvalue weighted by Crippen LogP contribution is -2.50. The molecule has 2 heterocycles. The van der Waals surface area contributed by atoms with Crippen molar-refractivity contribution < 1.29 is 19.1 Å². The van der Waals surface area contributed by atoms with Crippen LogP contribution in [0.5, 0.6) is 11.5 Å². The molecule has 1 aliphatic rings. The predicted octanol–water partition coefficient (Wildman–Crippen LogP) is 4.06. The van der Waals surface area contributed by atoms with Crippen LogP contribution in [0.3, 0.4) is 0 Å². The van der Waals surface area contributed by atoms with Crippen LogP contribution in [0.25, 0.3) is 0 Å². The van der Waals surface area contributed by atoms with E-state index >= 15 is 0 Å².